The van der Waals surface area contributed by atoms with Crippen LogP contribution in [-0.2, 0) is 29.3 Å². The number of carboxylic acids is 1. The van der Waals surface area contributed by atoms with E-state index >= 15 is 0 Å². The van der Waals surface area contributed by atoms with Crippen LogP contribution in [0.25, 0.3) is 0 Å². The van der Waals surface area contributed by atoms with Crippen molar-refractivity contribution in [1.82, 2.24) is 5.32 Å². The maximum absolute atomic E-state index is 12.6. The van der Waals surface area contributed by atoms with E-state index in [0.717, 1.165) is 5.56 Å². The lowest BCUT2D eigenvalue weighted by atomic mass is 9.86. The van der Waals surface area contributed by atoms with E-state index in [2.05, 4.69) is 5.32 Å². The molecule has 0 saturated heterocycles. The molecule has 1 amide bonds. The molecule has 0 radical (unpaired) electrons. The van der Waals surface area contributed by atoms with Gasteiger partial charge in [-0.05, 0) is 37.0 Å². The number of amides is 1. The number of aliphatic carboxylic acids is 1. The fraction of sp³-hybridized carbons (Fsp3) is 0.524. The first-order valence-corrected chi connectivity index (χ1v) is 9.47. The van der Waals surface area contributed by atoms with Gasteiger partial charge in [0.1, 0.15) is 6.04 Å². The van der Waals surface area contributed by atoms with Crippen molar-refractivity contribution < 1.29 is 33.8 Å². The fourth-order valence-corrected chi connectivity index (χ4v) is 2.67. The Morgan fingerprint density at radius 2 is 1.55 bits per heavy atom. The van der Waals surface area contributed by atoms with Crippen LogP contribution in [0.3, 0.4) is 0 Å². The molecule has 29 heavy (non-hydrogen) atoms. The standard InChI is InChI=1S/C21H29NO7/c1-6-28-16(23)12-15(20(27)29-7-2)17(19(25)26)22-18(24)13-8-10-14(11-9-13)21(3,4)5/h8-11,15,17H,6-7,12H2,1-5H3,(H,22,24)(H,25,26)/t15-,17-/m1/s1. The molecule has 0 aliphatic heterocycles. The van der Waals surface area contributed by atoms with Crippen molar-refractivity contribution in [1.29, 1.82) is 0 Å². The highest BCUT2D eigenvalue weighted by Gasteiger charge is 2.38. The summed E-state index contributed by atoms with van der Waals surface area (Å²) in [5.74, 6) is -5.18. The quantitative estimate of drug-likeness (QED) is 0.603. The molecule has 8 nitrogen and oxygen atoms in total. The lowest BCUT2D eigenvalue weighted by molar-refractivity contribution is -0.159. The van der Waals surface area contributed by atoms with E-state index in [9.17, 15) is 24.3 Å². The van der Waals surface area contributed by atoms with Gasteiger partial charge in [-0.15, -0.1) is 0 Å². The van der Waals surface area contributed by atoms with Crippen LogP contribution in [0.1, 0.15) is 57.0 Å². The fourth-order valence-electron chi connectivity index (χ4n) is 2.67. The van der Waals surface area contributed by atoms with Crippen LogP contribution in [-0.4, -0.2) is 48.2 Å². The Morgan fingerprint density at radius 1 is 1.00 bits per heavy atom. The maximum atomic E-state index is 12.6. The number of carboxylic acid groups (broad SMARTS) is 1. The topological polar surface area (TPSA) is 119 Å². The largest absolute Gasteiger partial charge is 0.480 e. The van der Waals surface area contributed by atoms with Crippen LogP contribution in [0.4, 0.5) is 0 Å². The van der Waals surface area contributed by atoms with E-state index in [1.807, 2.05) is 20.8 Å². The van der Waals surface area contributed by atoms with Crippen LogP contribution in [0.5, 0.6) is 0 Å². The minimum absolute atomic E-state index is 0.00666. The molecule has 160 valence electrons. The molecule has 1 aromatic carbocycles. The Balaban J connectivity index is 3.08. The average Bonchev–Trinajstić information content (AvgIpc) is 2.64. The number of esters is 2. The van der Waals surface area contributed by atoms with Gasteiger partial charge >= 0.3 is 17.9 Å². The summed E-state index contributed by atoms with van der Waals surface area (Å²) in [4.78, 5) is 48.4. The Bertz CT molecular complexity index is 734. The minimum Gasteiger partial charge on any atom is -0.480 e. The SMILES string of the molecule is CCOC(=O)C[C@@H](C(=O)OCC)[C@@H](NC(=O)c1ccc(C(C)(C)C)cc1)C(=O)O. The van der Waals surface area contributed by atoms with Crippen molar-refractivity contribution in [3.05, 3.63) is 35.4 Å². The normalized spacial score (nSPS) is 13.1. The number of hydrogen-bond acceptors (Lipinski definition) is 6. The van der Waals surface area contributed by atoms with Crippen molar-refractivity contribution in [3.63, 3.8) is 0 Å². The smallest absolute Gasteiger partial charge is 0.327 e. The van der Waals surface area contributed by atoms with Gasteiger partial charge in [-0.1, -0.05) is 32.9 Å². The summed E-state index contributed by atoms with van der Waals surface area (Å²) in [6.07, 6.45) is -0.521. The van der Waals surface area contributed by atoms with Crippen LogP contribution < -0.4 is 5.32 Å². The van der Waals surface area contributed by atoms with Crippen molar-refractivity contribution in [2.45, 2.75) is 52.5 Å². The van der Waals surface area contributed by atoms with Gasteiger partial charge in [-0.25, -0.2) is 4.79 Å². The molecule has 2 atom stereocenters. The maximum Gasteiger partial charge on any atom is 0.327 e. The Kier molecular flexibility index (Phi) is 8.82. The number of rotatable bonds is 9. The zero-order valence-electron chi connectivity index (χ0n) is 17.5. The second-order valence-corrected chi connectivity index (χ2v) is 7.48. The molecule has 0 bridgehead atoms. The second kappa shape index (κ2) is 10.6. The molecule has 0 saturated carbocycles. The van der Waals surface area contributed by atoms with Crippen LogP contribution >= 0.6 is 0 Å². The van der Waals surface area contributed by atoms with Gasteiger partial charge in [0, 0.05) is 5.56 Å². The van der Waals surface area contributed by atoms with Crippen molar-refractivity contribution in [3.8, 4) is 0 Å². The average molecular weight is 407 g/mol. The predicted molar refractivity (Wildman–Crippen MR) is 105 cm³/mol. The summed E-state index contributed by atoms with van der Waals surface area (Å²) >= 11 is 0. The molecular weight excluding hydrogens is 378 g/mol. The molecule has 8 heteroatoms. The molecular formula is C21H29NO7. The van der Waals surface area contributed by atoms with Crippen LogP contribution in [0.15, 0.2) is 24.3 Å². The molecule has 0 spiro atoms. The summed E-state index contributed by atoms with van der Waals surface area (Å²) in [5.41, 5.74) is 1.14. The third-order valence-electron chi connectivity index (χ3n) is 4.25. The van der Waals surface area contributed by atoms with E-state index in [4.69, 9.17) is 9.47 Å². The van der Waals surface area contributed by atoms with E-state index in [0.29, 0.717) is 0 Å². The van der Waals surface area contributed by atoms with Crippen molar-refractivity contribution in [2.24, 2.45) is 5.92 Å². The Labute approximate surface area is 170 Å². The molecule has 0 aromatic heterocycles. The number of ether oxygens (including phenoxy) is 2. The number of carbonyl (C=O) groups is 4. The molecule has 0 unspecified atom stereocenters. The molecule has 1 rings (SSSR count). The van der Waals surface area contributed by atoms with Gasteiger partial charge in [0.25, 0.3) is 5.91 Å². The minimum atomic E-state index is -1.65. The summed E-state index contributed by atoms with van der Waals surface area (Å²) in [7, 11) is 0. The van der Waals surface area contributed by atoms with Gasteiger partial charge in [-0.3, -0.25) is 14.4 Å². The summed E-state index contributed by atoms with van der Waals surface area (Å²) < 4.78 is 9.71. The number of benzene rings is 1. The number of hydrogen-bond donors (Lipinski definition) is 2. The molecule has 0 heterocycles. The van der Waals surface area contributed by atoms with Gasteiger partial charge in [0.15, 0.2) is 0 Å². The summed E-state index contributed by atoms with van der Waals surface area (Å²) in [5, 5.41) is 11.9. The Morgan fingerprint density at radius 3 is 2.00 bits per heavy atom. The second-order valence-electron chi connectivity index (χ2n) is 7.48. The molecule has 0 aliphatic rings. The monoisotopic (exact) mass is 407 g/mol. The van der Waals surface area contributed by atoms with Crippen LogP contribution in [0, 0.1) is 5.92 Å². The number of nitrogens with one attached hydrogen (secondary N) is 1. The van der Waals surface area contributed by atoms with E-state index in [1.54, 1.807) is 38.1 Å². The zero-order valence-corrected chi connectivity index (χ0v) is 17.5. The van der Waals surface area contributed by atoms with E-state index < -0.39 is 42.2 Å². The lowest BCUT2D eigenvalue weighted by Crippen LogP contribution is -2.49. The van der Waals surface area contributed by atoms with Gasteiger partial charge < -0.3 is 19.9 Å². The van der Waals surface area contributed by atoms with Crippen molar-refractivity contribution in [2.75, 3.05) is 13.2 Å². The van der Waals surface area contributed by atoms with Gasteiger partial charge in [0.05, 0.1) is 25.6 Å². The number of carbonyl (C=O) groups excluding carboxylic acids is 3. The highest BCUT2D eigenvalue weighted by molar-refractivity contribution is 5.98. The third kappa shape index (κ3) is 7.21. The first kappa shape index (κ1) is 24.1. The zero-order chi connectivity index (χ0) is 22.2. The van der Waals surface area contributed by atoms with E-state index in [-0.39, 0.29) is 24.2 Å². The van der Waals surface area contributed by atoms with Gasteiger partial charge in [0.2, 0.25) is 0 Å². The molecule has 0 fully saturated rings. The Hall–Kier alpha value is -2.90. The first-order valence-electron chi connectivity index (χ1n) is 9.47. The van der Waals surface area contributed by atoms with Crippen molar-refractivity contribution >= 4 is 23.8 Å². The highest BCUT2D eigenvalue weighted by Crippen LogP contribution is 2.22. The predicted octanol–water partition coefficient (Wildman–Crippen LogP) is 2.30. The molecule has 1 aromatic rings. The third-order valence-corrected chi connectivity index (χ3v) is 4.25. The van der Waals surface area contributed by atoms with E-state index in [1.165, 1.54) is 0 Å². The first-order chi connectivity index (χ1) is 13.5. The summed E-state index contributed by atoms with van der Waals surface area (Å²) in [6, 6.07) is 5.09. The van der Waals surface area contributed by atoms with Crippen LogP contribution in [0.2, 0.25) is 0 Å². The molecule has 2 N–H and O–H groups in total. The summed E-state index contributed by atoms with van der Waals surface area (Å²) in [6.45, 7) is 9.33. The lowest BCUT2D eigenvalue weighted by Gasteiger charge is -2.23. The molecule has 0 aliphatic carbocycles. The van der Waals surface area contributed by atoms with Gasteiger partial charge in [-0.2, -0.15) is 0 Å². The highest BCUT2D eigenvalue weighted by atomic mass is 16.5.